The van der Waals surface area contributed by atoms with Crippen molar-refractivity contribution >= 4 is 16.1 Å². The van der Waals surface area contributed by atoms with Gasteiger partial charge >= 0.3 is 21.8 Å². The first-order chi connectivity index (χ1) is 17.5. The molecule has 0 radical (unpaired) electrons. The van der Waals surface area contributed by atoms with Crippen LogP contribution in [0.2, 0.25) is 0 Å². The molecule has 4 atom stereocenters. The van der Waals surface area contributed by atoms with Crippen molar-refractivity contribution in [3.05, 3.63) is 32.6 Å². The van der Waals surface area contributed by atoms with Gasteiger partial charge in [-0.1, -0.05) is 20.8 Å². The summed E-state index contributed by atoms with van der Waals surface area (Å²) in [6.07, 6.45) is 0.0709. The van der Waals surface area contributed by atoms with Gasteiger partial charge in [-0.15, -0.1) is 9.42 Å². The minimum absolute atomic E-state index is 0.113. The maximum Gasteiger partial charge on any atom is 0.694 e. The number of aliphatic hydroxyl groups excluding tert-OH is 1. The third-order valence-corrected chi connectivity index (χ3v) is 6.14. The third kappa shape index (κ3) is 15.6. The van der Waals surface area contributed by atoms with Gasteiger partial charge in [0.25, 0.3) is 5.56 Å². The number of phosphoric acid groups is 1. The first-order valence-electron chi connectivity index (χ1n) is 11.9. The average Bonchev–Trinajstić information content (AvgIpc) is 3.25. The smallest absolute Gasteiger partial charge is 0.390 e. The van der Waals surface area contributed by atoms with Gasteiger partial charge in [0.05, 0.1) is 12.7 Å². The van der Waals surface area contributed by atoms with Crippen LogP contribution >= 0.6 is 16.1 Å². The summed E-state index contributed by atoms with van der Waals surface area (Å²) in [5, 5.41) is 9.78. The van der Waals surface area contributed by atoms with E-state index in [4.69, 9.17) is 14.4 Å². The normalized spacial score (nSPS) is 19.0. The molecule has 1 saturated heterocycles. The fraction of sp³-hybridized carbons (Fsp3) is 0.810. The van der Waals surface area contributed by atoms with Crippen LogP contribution in [0.4, 0.5) is 0 Å². The molecular formula is C21H43N2O12P2+. The number of aromatic amines is 1. The molecule has 0 aliphatic carbocycles. The fourth-order valence-corrected chi connectivity index (χ4v) is 3.55. The molecule has 4 unspecified atom stereocenters. The van der Waals surface area contributed by atoms with Crippen molar-refractivity contribution in [2.45, 2.75) is 72.8 Å². The molecule has 0 amide bonds. The van der Waals surface area contributed by atoms with Gasteiger partial charge in [0, 0.05) is 50.2 Å². The lowest BCUT2D eigenvalue weighted by Crippen LogP contribution is -2.33. The molecule has 1 aromatic rings. The zero-order valence-corrected chi connectivity index (χ0v) is 24.7. The number of aromatic nitrogens is 2. The van der Waals surface area contributed by atoms with E-state index in [9.17, 15) is 23.8 Å². The first kappa shape index (κ1) is 37.8. The number of aryl methyl sites for hydroxylation is 1. The van der Waals surface area contributed by atoms with Crippen molar-refractivity contribution in [3.8, 4) is 0 Å². The van der Waals surface area contributed by atoms with Gasteiger partial charge in [0.15, 0.2) is 0 Å². The van der Waals surface area contributed by atoms with E-state index < -0.39 is 45.8 Å². The molecule has 0 aromatic carbocycles. The number of nitrogens with zero attached hydrogens (tertiary/aromatic N) is 1. The minimum Gasteiger partial charge on any atom is -0.390 e. The van der Waals surface area contributed by atoms with Crippen LogP contribution in [-0.4, -0.2) is 72.4 Å². The van der Waals surface area contributed by atoms with Gasteiger partial charge < -0.3 is 14.6 Å². The Hall–Kier alpha value is -1.31. The van der Waals surface area contributed by atoms with Gasteiger partial charge in [-0.05, 0) is 27.2 Å². The van der Waals surface area contributed by atoms with E-state index in [1.54, 1.807) is 6.92 Å². The number of rotatable bonds is 11. The van der Waals surface area contributed by atoms with E-state index in [2.05, 4.69) is 30.0 Å². The number of H-pyrrole nitrogens is 1. The molecule has 16 heteroatoms. The quantitative estimate of drug-likeness (QED) is 0.258. The molecule has 14 nitrogen and oxygen atoms in total. The Labute approximate surface area is 218 Å². The monoisotopic (exact) mass is 577 g/mol. The number of hydrogen-bond acceptors (Lipinski definition) is 11. The molecule has 3 N–H and O–H groups in total. The lowest BCUT2D eigenvalue weighted by Gasteiger charge is -2.14. The SMILES string of the molecule is CC.CCCOCC.CCOP(=O)(OC)OC.Cc1cn(C2CC(O)C(CO[P+](=O)O)O2)c(=O)[nH]c1=O. The molecule has 1 aliphatic heterocycles. The molecule has 37 heavy (non-hydrogen) atoms. The van der Waals surface area contributed by atoms with Gasteiger partial charge in [-0.2, -0.15) is 0 Å². The van der Waals surface area contributed by atoms with Crippen molar-refractivity contribution in [3.63, 3.8) is 0 Å². The highest BCUT2D eigenvalue weighted by molar-refractivity contribution is 7.48. The van der Waals surface area contributed by atoms with E-state index in [0.29, 0.717) is 12.2 Å². The molecule has 2 heterocycles. The Morgan fingerprint density at radius 3 is 2.19 bits per heavy atom. The minimum atomic E-state index is -3.18. The van der Waals surface area contributed by atoms with Crippen molar-refractivity contribution in [1.29, 1.82) is 0 Å². The van der Waals surface area contributed by atoms with Crippen LogP contribution in [0.5, 0.6) is 0 Å². The fourth-order valence-electron chi connectivity index (χ4n) is 2.60. The standard InChI is InChI=1S/C10H13N2O7P.C5H12O.C4H11O4P.C2H6/c1-5-3-12(10(15)11-9(5)14)8-2-6(13)7(19-8)4-18-20(16)17;1-3-5-6-4-2;1-4-8-9(5,6-2)7-3;1-2/h3,6-8,13H,2,4H2,1H3,(H-,11,14,15,16,17);3-5H2,1-2H3;4H2,1-3H3;1-2H3/p+1. The zero-order valence-electron chi connectivity index (χ0n) is 22.9. The number of aliphatic hydroxyl groups is 1. The highest BCUT2D eigenvalue weighted by Gasteiger charge is 2.37. The predicted molar refractivity (Wildman–Crippen MR) is 138 cm³/mol. The molecule has 1 aliphatic rings. The summed E-state index contributed by atoms with van der Waals surface area (Å²) in [5.41, 5.74) is -0.796. The van der Waals surface area contributed by atoms with Crippen molar-refractivity contribution in [1.82, 2.24) is 9.55 Å². The second kappa shape index (κ2) is 21.6. The van der Waals surface area contributed by atoms with Crippen molar-refractivity contribution < 1.29 is 46.7 Å². The number of phosphoric ester groups is 1. The first-order valence-corrected chi connectivity index (χ1v) is 14.5. The second-order valence-electron chi connectivity index (χ2n) is 6.87. The molecule has 2 rings (SSSR count). The highest BCUT2D eigenvalue weighted by atomic mass is 31.2. The average molecular weight is 578 g/mol. The Kier molecular flexibility index (Phi) is 22.1. The van der Waals surface area contributed by atoms with Crippen LogP contribution in [0, 0.1) is 6.92 Å². The van der Waals surface area contributed by atoms with Crippen LogP contribution in [0.1, 0.15) is 59.3 Å². The van der Waals surface area contributed by atoms with E-state index in [-0.39, 0.29) is 13.0 Å². The highest BCUT2D eigenvalue weighted by Crippen LogP contribution is 2.47. The largest absolute Gasteiger partial charge is 0.694 e. The Morgan fingerprint density at radius 1 is 1.19 bits per heavy atom. The van der Waals surface area contributed by atoms with Crippen molar-refractivity contribution in [2.75, 3.05) is 40.6 Å². The van der Waals surface area contributed by atoms with Gasteiger partial charge in [-0.3, -0.25) is 27.9 Å². The lowest BCUT2D eigenvalue weighted by atomic mass is 10.2. The predicted octanol–water partition coefficient (Wildman–Crippen LogP) is 3.04. The summed E-state index contributed by atoms with van der Waals surface area (Å²) < 4.78 is 50.9. The van der Waals surface area contributed by atoms with Crippen LogP contribution < -0.4 is 11.2 Å². The summed E-state index contributed by atoms with van der Waals surface area (Å²) in [4.78, 5) is 33.6. The Bertz CT molecular complexity index is 896. The van der Waals surface area contributed by atoms with Crippen LogP contribution in [0.3, 0.4) is 0 Å². The van der Waals surface area contributed by atoms with Gasteiger partial charge in [0.2, 0.25) is 0 Å². The summed E-state index contributed by atoms with van der Waals surface area (Å²) in [7, 11) is -3.40. The summed E-state index contributed by atoms with van der Waals surface area (Å²) in [6.45, 7) is 13.2. The van der Waals surface area contributed by atoms with Crippen molar-refractivity contribution in [2.24, 2.45) is 0 Å². The maximum absolute atomic E-state index is 11.7. The maximum atomic E-state index is 11.7. The molecule has 0 spiro atoms. The molecule has 0 saturated carbocycles. The molecule has 218 valence electrons. The second-order valence-corrected chi connectivity index (χ2v) is 9.49. The molecule has 1 aromatic heterocycles. The molecule has 1 fully saturated rings. The zero-order chi connectivity index (χ0) is 29.0. The summed E-state index contributed by atoms with van der Waals surface area (Å²) in [5.74, 6) is 0. The van der Waals surface area contributed by atoms with E-state index >= 15 is 0 Å². The molecular weight excluding hydrogens is 534 g/mol. The number of hydrogen-bond donors (Lipinski definition) is 3. The van der Waals surface area contributed by atoms with Crippen LogP contribution in [-0.2, 0) is 36.7 Å². The van der Waals surface area contributed by atoms with E-state index in [1.165, 1.54) is 31.9 Å². The van der Waals surface area contributed by atoms with E-state index in [0.717, 1.165) is 19.6 Å². The van der Waals surface area contributed by atoms with Crippen LogP contribution in [0.25, 0.3) is 0 Å². The topological polar surface area (TPSA) is 185 Å². The van der Waals surface area contributed by atoms with Gasteiger partial charge in [0.1, 0.15) is 18.9 Å². The number of ether oxygens (including phenoxy) is 2. The number of nitrogens with one attached hydrogen (secondary N) is 1. The Balaban J connectivity index is 0. The summed E-state index contributed by atoms with van der Waals surface area (Å²) in [6, 6.07) is 0. The van der Waals surface area contributed by atoms with Crippen LogP contribution in [0.15, 0.2) is 15.8 Å². The molecule has 0 bridgehead atoms. The van der Waals surface area contributed by atoms with E-state index in [1.807, 2.05) is 20.8 Å². The Morgan fingerprint density at radius 2 is 1.78 bits per heavy atom. The third-order valence-electron chi connectivity index (χ3n) is 4.30. The van der Waals surface area contributed by atoms with Gasteiger partial charge in [-0.25, -0.2) is 9.36 Å². The lowest BCUT2D eigenvalue weighted by molar-refractivity contribution is -0.0413. The summed E-state index contributed by atoms with van der Waals surface area (Å²) >= 11 is 0.